The first-order valence-corrected chi connectivity index (χ1v) is 8.62. The summed E-state index contributed by atoms with van der Waals surface area (Å²) < 4.78 is 0. The van der Waals surface area contributed by atoms with E-state index in [-0.39, 0.29) is 6.10 Å². The van der Waals surface area contributed by atoms with Gasteiger partial charge < -0.3 is 16.2 Å². The number of aliphatic hydroxyl groups excluding tert-OH is 1. The highest BCUT2D eigenvalue weighted by Crippen LogP contribution is 2.23. The van der Waals surface area contributed by atoms with Gasteiger partial charge in [0, 0.05) is 12.6 Å². The van der Waals surface area contributed by atoms with Gasteiger partial charge >= 0.3 is 0 Å². The summed E-state index contributed by atoms with van der Waals surface area (Å²) in [5, 5.41) is 13.1. The van der Waals surface area contributed by atoms with E-state index in [1.807, 2.05) is 6.07 Å². The Morgan fingerprint density at radius 3 is 2.59 bits per heavy atom. The zero-order valence-corrected chi connectivity index (χ0v) is 13.3. The first-order chi connectivity index (χ1) is 10.7. The van der Waals surface area contributed by atoms with E-state index in [1.165, 1.54) is 37.9 Å². The molecule has 1 aromatic rings. The predicted molar refractivity (Wildman–Crippen MR) is 89.7 cm³/mol. The molecule has 22 heavy (non-hydrogen) atoms. The van der Waals surface area contributed by atoms with Gasteiger partial charge in [-0.3, -0.25) is 4.90 Å². The van der Waals surface area contributed by atoms with Crippen molar-refractivity contribution in [2.45, 2.75) is 63.6 Å². The Balaban J connectivity index is 1.61. The fourth-order valence-electron chi connectivity index (χ4n) is 3.58. The number of nitrogens with two attached hydrogens (primary N) is 1. The third-order valence-electron chi connectivity index (χ3n) is 4.81. The molecule has 2 aliphatic rings. The lowest BCUT2D eigenvalue weighted by Gasteiger charge is -2.28. The molecule has 1 aliphatic heterocycles. The van der Waals surface area contributed by atoms with E-state index in [4.69, 9.17) is 5.73 Å². The van der Waals surface area contributed by atoms with Crippen molar-refractivity contribution in [1.29, 1.82) is 0 Å². The molecule has 0 radical (unpaired) electrons. The second kappa shape index (κ2) is 7.29. The van der Waals surface area contributed by atoms with Gasteiger partial charge in [0.1, 0.15) is 11.6 Å². The van der Waals surface area contributed by atoms with Crippen LogP contribution in [0.15, 0.2) is 12.1 Å². The van der Waals surface area contributed by atoms with Crippen LogP contribution in [-0.4, -0.2) is 40.2 Å². The number of aromatic nitrogens is 1. The zero-order valence-electron chi connectivity index (χ0n) is 13.3. The van der Waals surface area contributed by atoms with Crippen LogP contribution in [0.4, 0.5) is 11.6 Å². The number of rotatable bonds is 4. The van der Waals surface area contributed by atoms with Crippen LogP contribution in [-0.2, 0) is 6.54 Å². The summed E-state index contributed by atoms with van der Waals surface area (Å²) in [5.74, 6) is 1.47. The summed E-state index contributed by atoms with van der Waals surface area (Å²) in [4.78, 5) is 6.92. The number of hydrogen-bond acceptors (Lipinski definition) is 5. The van der Waals surface area contributed by atoms with Crippen LogP contribution in [0.25, 0.3) is 0 Å². The third-order valence-corrected chi connectivity index (χ3v) is 4.81. The van der Waals surface area contributed by atoms with Crippen LogP contribution in [0.5, 0.6) is 0 Å². The van der Waals surface area contributed by atoms with Gasteiger partial charge in [-0.15, -0.1) is 0 Å². The lowest BCUT2D eigenvalue weighted by molar-refractivity contribution is 0.126. The third kappa shape index (κ3) is 4.34. The molecule has 2 heterocycles. The molecule has 1 saturated carbocycles. The monoisotopic (exact) mass is 304 g/mol. The largest absolute Gasteiger partial charge is 0.393 e. The number of hydrogen-bond donors (Lipinski definition) is 3. The molecule has 0 bridgehead atoms. The Morgan fingerprint density at radius 1 is 1.14 bits per heavy atom. The number of likely N-dealkylation sites (tertiary alicyclic amines) is 1. The lowest BCUT2D eigenvalue weighted by atomic mass is 9.93. The van der Waals surface area contributed by atoms with Crippen LogP contribution in [0.2, 0.25) is 0 Å². The van der Waals surface area contributed by atoms with Crippen molar-refractivity contribution in [3.8, 4) is 0 Å². The number of nitrogens with zero attached hydrogens (tertiary/aromatic N) is 2. The van der Waals surface area contributed by atoms with Crippen molar-refractivity contribution < 1.29 is 5.11 Å². The number of anilines is 2. The van der Waals surface area contributed by atoms with E-state index >= 15 is 0 Å². The average Bonchev–Trinajstić information content (AvgIpc) is 2.50. The minimum Gasteiger partial charge on any atom is -0.393 e. The highest BCUT2D eigenvalue weighted by molar-refractivity contribution is 5.47. The number of pyridine rings is 1. The number of piperidine rings is 1. The van der Waals surface area contributed by atoms with Crippen LogP contribution >= 0.6 is 0 Å². The summed E-state index contributed by atoms with van der Waals surface area (Å²) in [6.45, 7) is 3.34. The van der Waals surface area contributed by atoms with Crippen molar-refractivity contribution in [1.82, 2.24) is 9.88 Å². The molecule has 1 saturated heterocycles. The molecule has 5 nitrogen and oxygen atoms in total. The van der Waals surface area contributed by atoms with Crippen molar-refractivity contribution in [3.05, 3.63) is 17.7 Å². The standard InChI is InChI=1S/C17H28N4O/c18-16-10-13(12-21-8-2-1-3-9-21)11-17(20-16)19-14-4-6-15(22)7-5-14/h10-11,14-15,22H,1-9,12H2,(H3,18,19,20)/t14-,15-. The maximum Gasteiger partial charge on any atom is 0.128 e. The molecule has 5 heteroatoms. The summed E-state index contributed by atoms with van der Waals surface area (Å²) in [6, 6.07) is 4.53. The Hall–Kier alpha value is -1.33. The minimum absolute atomic E-state index is 0.124. The molecule has 122 valence electrons. The molecule has 0 aromatic carbocycles. The van der Waals surface area contributed by atoms with Crippen molar-refractivity contribution >= 4 is 11.6 Å². The van der Waals surface area contributed by atoms with Crippen LogP contribution < -0.4 is 11.1 Å². The SMILES string of the molecule is Nc1cc(CN2CCCCC2)cc(N[C@H]2CC[C@H](O)CC2)n1. The Morgan fingerprint density at radius 2 is 1.86 bits per heavy atom. The topological polar surface area (TPSA) is 74.4 Å². The van der Waals surface area contributed by atoms with Crippen LogP contribution in [0.1, 0.15) is 50.5 Å². The smallest absolute Gasteiger partial charge is 0.128 e. The molecular formula is C17H28N4O. The van der Waals surface area contributed by atoms with E-state index in [2.05, 4.69) is 21.3 Å². The lowest BCUT2D eigenvalue weighted by Crippen LogP contribution is -2.30. The molecule has 1 aliphatic carbocycles. The van der Waals surface area contributed by atoms with E-state index in [0.29, 0.717) is 11.9 Å². The molecule has 0 spiro atoms. The summed E-state index contributed by atoms with van der Waals surface area (Å²) >= 11 is 0. The maximum absolute atomic E-state index is 9.59. The van der Waals surface area contributed by atoms with Crippen molar-refractivity contribution in [2.24, 2.45) is 0 Å². The van der Waals surface area contributed by atoms with Gasteiger partial charge in [-0.25, -0.2) is 4.98 Å². The fourth-order valence-corrected chi connectivity index (χ4v) is 3.58. The molecule has 2 fully saturated rings. The van der Waals surface area contributed by atoms with Crippen LogP contribution in [0.3, 0.4) is 0 Å². The number of aliphatic hydroxyl groups is 1. The molecule has 0 atom stereocenters. The molecule has 4 N–H and O–H groups in total. The van der Waals surface area contributed by atoms with Gasteiger partial charge in [0.2, 0.25) is 0 Å². The molecule has 3 rings (SSSR count). The van der Waals surface area contributed by atoms with E-state index in [1.54, 1.807) is 0 Å². The summed E-state index contributed by atoms with van der Waals surface area (Å²) in [5.41, 5.74) is 7.23. The van der Waals surface area contributed by atoms with Crippen molar-refractivity contribution in [2.75, 3.05) is 24.1 Å². The van der Waals surface area contributed by atoms with Gasteiger partial charge in [0.05, 0.1) is 6.10 Å². The predicted octanol–water partition coefficient (Wildman–Crippen LogP) is 2.37. The van der Waals surface area contributed by atoms with E-state index in [0.717, 1.165) is 38.0 Å². The minimum atomic E-state index is -0.124. The second-order valence-corrected chi connectivity index (χ2v) is 6.77. The fraction of sp³-hybridized carbons (Fsp3) is 0.706. The summed E-state index contributed by atoms with van der Waals surface area (Å²) in [7, 11) is 0. The summed E-state index contributed by atoms with van der Waals surface area (Å²) in [6.07, 6.45) is 7.59. The molecular weight excluding hydrogens is 276 g/mol. The van der Waals surface area contributed by atoms with Gasteiger partial charge in [0.15, 0.2) is 0 Å². The zero-order chi connectivity index (χ0) is 15.4. The number of nitrogens with one attached hydrogen (secondary N) is 1. The Bertz CT molecular complexity index is 480. The quantitative estimate of drug-likeness (QED) is 0.796. The second-order valence-electron chi connectivity index (χ2n) is 6.77. The first-order valence-electron chi connectivity index (χ1n) is 8.62. The maximum atomic E-state index is 9.59. The molecule has 0 amide bonds. The average molecular weight is 304 g/mol. The van der Waals surface area contributed by atoms with Gasteiger partial charge in [-0.2, -0.15) is 0 Å². The van der Waals surface area contributed by atoms with E-state index < -0.39 is 0 Å². The highest BCUT2D eigenvalue weighted by atomic mass is 16.3. The van der Waals surface area contributed by atoms with Crippen molar-refractivity contribution in [3.63, 3.8) is 0 Å². The van der Waals surface area contributed by atoms with Crippen LogP contribution in [0, 0.1) is 0 Å². The normalized spacial score (nSPS) is 26.8. The number of nitrogen functional groups attached to an aromatic ring is 1. The van der Waals surface area contributed by atoms with Gasteiger partial charge in [0.25, 0.3) is 0 Å². The molecule has 0 unspecified atom stereocenters. The van der Waals surface area contributed by atoms with E-state index in [9.17, 15) is 5.11 Å². The Kier molecular flexibility index (Phi) is 5.16. The highest BCUT2D eigenvalue weighted by Gasteiger charge is 2.20. The first kappa shape index (κ1) is 15.6. The van der Waals surface area contributed by atoms with Gasteiger partial charge in [-0.05, 0) is 69.3 Å². The van der Waals surface area contributed by atoms with Gasteiger partial charge in [-0.1, -0.05) is 6.42 Å². The Labute approximate surface area is 132 Å². The molecule has 1 aromatic heterocycles.